The van der Waals surface area contributed by atoms with Crippen molar-refractivity contribution < 1.29 is 9.47 Å². The lowest BCUT2D eigenvalue weighted by atomic mass is 9.99. The summed E-state index contributed by atoms with van der Waals surface area (Å²) < 4.78 is 11.8. The predicted octanol–water partition coefficient (Wildman–Crippen LogP) is 2.12. The molecule has 1 aromatic carbocycles. The molecule has 2 unspecified atom stereocenters. The highest BCUT2D eigenvalue weighted by atomic mass is 16.5. The van der Waals surface area contributed by atoms with Gasteiger partial charge in [-0.1, -0.05) is 6.07 Å². The second kappa shape index (κ2) is 7.72. The van der Waals surface area contributed by atoms with Gasteiger partial charge in [0, 0.05) is 25.7 Å². The summed E-state index contributed by atoms with van der Waals surface area (Å²) in [5.74, 6) is 2.29. The van der Waals surface area contributed by atoms with Gasteiger partial charge in [0.2, 0.25) is 0 Å². The molecule has 2 N–H and O–H groups in total. The van der Waals surface area contributed by atoms with Gasteiger partial charge in [-0.15, -0.1) is 0 Å². The largest absolute Gasteiger partial charge is 0.493 e. The van der Waals surface area contributed by atoms with Crippen LogP contribution in [0.15, 0.2) is 18.2 Å². The zero-order valence-corrected chi connectivity index (χ0v) is 15.2. The molecule has 1 aromatic rings. The van der Waals surface area contributed by atoms with E-state index < -0.39 is 0 Å². The highest BCUT2D eigenvalue weighted by Gasteiger charge is 2.30. The number of hydrogen-bond acceptors (Lipinski definition) is 5. The van der Waals surface area contributed by atoms with E-state index in [2.05, 4.69) is 36.0 Å². The normalized spacial score (nSPS) is 26.7. The van der Waals surface area contributed by atoms with Crippen LogP contribution in [0.5, 0.6) is 11.5 Å². The Kier molecular flexibility index (Phi) is 5.64. The van der Waals surface area contributed by atoms with Crippen molar-refractivity contribution in [2.24, 2.45) is 11.7 Å². The van der Waals surface area contributed by atoms with Gasteiger partial charge in [0.25, 0.3) is 0 Å². The molecular weight excluding hydrogens is 302 g/mol. The van der Waals surface area contributed by atoms with Crippen LogP contribution in [-0.2, 0) is 0 Å². The van der Waals surface area contributed by atoms with Crippen LogP contribution < -0.4 is 15.2 Å². The maximum Gasteiger partial charge on any atom is 0.161 e. The lowest BCUT2D eigenvalue weighted by Gasteiger charge is -2.30. The van der Waals surface area contributed by atoms with Crippen LogP contribution >= 0.6 is 0 Å². The fourth-order valence-corrected chi connectivity index (χ4v) is 3.94. The zero-order valence-electron chi connectivity index (χ0n) is 15.2. The summed E-state index contributed by atoms with van der Waals surface area (Å²) in [6.45, 7) is 4.01. The van der Waals surface area contributed by atoms with E-state index in [-0.39, 0.29) is 6.10 Å². The third kappa shape index (κ3) is 3.85. The Bertz CT molecular complexity index is 543. The van der Waals surface area contributed by atoms with Crippen molar-refractivity contribution >= 4 is 0 Å². The molecule has 0 spiro atoms. The molecule has 24 heavy (non-hydrogen) atoms. The molecule has 2 aliphatic rings. The van der Waals surface area contributed by atoms with Crippen LogP contribution in [0.1, 0.15) is 30.9 Å². The molecule has 3 rings (SSSR count). The summed E-state index contributed by atoms with van der Waals surface area (Å²) in [5, 5.41) is 0. The summed E-state index contributed by atoms with van der Waals surface area (Å²) in [7, 11) is 6.06. The van der Waals surface area contributed by atoms with Gasteiger partial charge < -0.3 is 20.1 Å². The van der Waals surface area contributed by atoms with E-state index in [1.807, 2.05) is 6.07 Å². The molecule has 134 valence electrons. The maximum absolute atomic E-state index is 6.32. The topological polar surface area (TPSA) is 51.0 Å². The average Bonchev–Trinajstić information content (AvgIpc) is 2.98. The number of nitrogens with two attached hydrogens (primary N) is 1. The summed E-state index contributed by atoms with van der Waals surface area (Å²) in [6.07, 6.45) is 3.54. The van der Waals surface area contributed by atoms with Crippen LogP contribution in [0, 0.1) is 5.92 Å². The van der Waals surface area contributed by atoms with E-state index in [4.69, 9.17) is 15.2 Å². The minimum Gasteiger partial charge on any atom is -0.493 e. The van der Waals surface area contributed by atoms with Gasteiger partial charge in [-0.25, -0.2) is 0 Å². The Morgan fingerprint density at radius 2 is 1.92 bits per heavy atom. The second-order valence-corrected chi connectivity index (χ2v) is 7.32. The molecule has 2 saturated heterocycles. The number of rotatable bonds is 5. The molecular formula is C19H31N3O2. The summed E-state index contributed by atoms with van der Waals surface area (Å²) >= 11 is 0. The van der Waals surface area contributed by atoms with Crippen molar-refractivity contribution in [3.05, 3.63) is 23.8 Å². The highest BCUT2D eigenvalue weighted by Crippen LogP contribution is 2.38. The first-order valence-corrected chi connectivity index (χ1v) is 9.04. The van der Waals surface area contributed by atoms with Crippen LogP contribution in [0.4, 0.5) is 0 Å². The van der Waals surface area contributed by atoms with E-state index in [1.54, 1.807) is 7.11 Å². The molecule has 0 amide bonds. The molecule has 5 nitrogen and oxygen atoms in total. The Balaban J connectivity index is 1.75. The first-order chi connectivity index (χ1) is 11.6. The summed E-state index contributed by atoms with van der Waals surface area (Å²) in [4.78, 5) is 4.76. The highest BCUT2D eigenvalue weighted by molar-refractivity contribution is 5.44. The molecule has 0 aliphatic carbocycles. The molecule has 2 heterocycles. The Morgan fingerprint density at radius 1 is 1.17 bits per heavy atom. The zero-order chi connectivity index (χ0) is 17.1. The van der Waals surface area contributed by atoms with E-state index in [0.717, 1.165) is 56.9 Å². The van der Waals surface area contributed by atoms with Crippen molar-refractivity contribution in [2.75, 3.05) is 47.4 Å². The van der Waals surface area contributed by atoms with Crippen molar-refractivity contribution in [1.82, 2.24) is 9.80 Å². The molecule has 2 atom stereocenters. The van der Waals surface area contributed by atoms with Crippen LogP contribution in [0.3, 0.4) is 0 Å². The van der Waals surface area contributed by atoms with Crippen LogP contribution in [-0.4, -0.2) is 63.3 Å². The smallest absolute Gasteiger partial charge is 0.161 e. The van der Waals surface area contributed by atoms with Crippen molar-refractivity contribution in [3.8, 4) is 11.5 Å². The molecule has 0 radical (unpaired) electrons. The molecule has 2 aliphatic heterocycles. The van der Waals surface area contributed by atoms with Crippen LogP contribution in [0.2, 0.25) is 0 Å². The van der Waals surface area contributed by atoms with Crippen LogP contribution in [0.25, 0.3) is 0 Å². The van der Waals surface area contributed by atoms with E-state index in [9.17, 15) is 0 Å². The van der Waals surface area contributed by atoms with Crippen molar-refractivity contribution in [2.45, 2.75) is 31.4 Å². The van der Waals surface area contributed by atoms with Gasteiger partial charge in [-0.2, -0.15) is 0 Å². The standard InChI is InChI=1S/C19H31N3O2/c1-21-8-6-16(7-9-21)24-19-11-15(4-5-18(19)23-3)17-10-14(12-20)13-22(17)2/h4-5,11,14,16-17H,6-10,12-13,20H2,1-3H3. The molecule has 5 heteroatoms. The number of hydrogen-bond donors (Lipinski definition) is 1. The Morgan fingerprint density at radius 3 is 2.54 bits per heavy atom. The SMILES string of the molecule is COc1ccc(C2CC(CN)CN2C)cc1OC1CCN(C)CC1. The number of benzene rings is 1. The second-order valence-electron chi connectivity index (χ2n) is 7.32. The monoisotopic (exact) mass is 333 g/mol. The minimum atomic E-state index is 0.281. The van der Waals surface area contributed by atoms with Crippen molar-refractivity contribution in [1.29, 1.82) is 0 Å². The molecule has 0 saturated carbocycles. The Hall–Kier alpha value is -1.30. The van der Waals surface area contributed by atoms with Gasteiger partial charge in [-0.05, 0) is 63.5 Å². The van der Waals surface area contributed by atoms with Crippen molar-refractivity contribution in [3.63, 3.8) is 0 Å². The molecule has 0 bridgehead atoms. The number of piperidine rings is 1. The molecule has 2 fully saturated rings. The number of likely N-dealkylation sites (tertiary alicyclic amines) is 2. The summed E-state index contributed by atoms with van der Waals surface area (Å²) in [5.41, 5.74) is 7.17. The van der Waals surface area contributed by atoms with Gasteiger partial charge in [-0.3, -0.25) is 4.90 Å². The van der Waals surface area contributed by atoms with Gasteiger partial charge in [0.15, 0.2) is 11.5 Å². The van der Waals surface area contributed by atoms with Gasteiger partial charge in [0.05, 0.1) is 7.11 Å². The third-order valence-corrected chi connectivity index (χ3v) is 5.50. The average molecular weight is 333 g/mol. The fourth-order valence-electron chi connectivity index (χ4n) is 3.94. The minimum absolute atomic E-state index is 0.281. The first-order valence-electron chi connectivity index (χ1n) is 9.04. The van der Waals surface area contributed by atoms with E-state index in [0.29, 0.717) is 12.0 Å². The lowest BCUT2D eigenvalue weighted by Crippen LogP contribution is -2.35. The third-order valence-electron chi connectivity index (χ3n) is 5.50. The number of ether oxygens (including phenoxy) is 2. The Labute approximate surface area is 145 Å². The summed E-state index contributed by atoms with van der Waals surface area (Å²) in [6, 6.07) is 6.81. The van der Waals surface area contributed by atoms with Gasteiger partial charge >= 0.3 is 0 Å². The number of methoxy groups -OCH3 is 1. The van der Waals surface area contributed by atoms with Gasteiger partial charge in [0.1, 0.15) is 6.10 Å². The quantitative estimate of drug-likeness (QED) is 0.894. The molecule has 0 aromatic heterocycles. The predicted molar refractivity (Wildman–Crippen MR) is 96.7 cm³/mol. The number of nitrogens with zero attached hydrogens (tertiary/aromatic N) is 2. The van der Waals surface area contributed by atoms with E-state index in [1.165, 1.54) is 5.56 Å². The maximum atomic E-state index is 6.32. The lowest BCUT2D eigenvalue weighted by molar-refractivity contribution is 0.111. The fraction of sp³-hybridized carbons (Fsp3) is 0.684. The first kappa shape index (κ1) is 17.5. The van der Waals surface area contributed by atoms with E-state index >= 15 is 0 Å².